The molecule has 3 aliphatic rings. The lowest BCUT2D eigenvalue weighted by atomic mass is 9.81. The number of fused-ring (bicyclic) bond motifs is 1. The van der Waals surface area contributed by atoms with Gasteiger partial charge in [-0.05, 0) is 25.0 Å². The first kappa shape index (κ1) is 16.5. The number of anilines is 1. The molecule has 1 aromatic rings. The molecule has 0 radical (unpaired) electrons. The number of imide groups is 1. The molecule has 2 aliphatic heterocycles. The molecule has 134 valence electrons. The second kappa shape index (κ2) is 6.75. The number of rotatable bonds is 3. The predicted molar refractivity (Wildman–Crippen MR) is 92.4 cm³/mol. The zero-order valence-corrected chi connectivity index (χ0v) is 14.4. The molecule has 0 spiro atoms. The highest BCUT2D eigenvalue weighted by molar-refractivity contribution is 6.05. The molecular weight excluding hydrogens is 321 g/mol. The fourth-order valence-electron chi connectivity index (χ4n) is 4.41. The highest BCUT2D eigenvalue weighted by Gasteiger charge is 2.48. The normalized spacial score (nSPS) is 27.7. The Morgan fingerprint density at radius 2 is 1.52 bits per heavy atom. The maximum atomic E-state index is 13.9. The van der Waals surface area contributed by atoms with E-state index in [-0.39, 0.29) is 29.5 Å². The van der Waals surface area contributed by atoms with E-state index in [1.165, 1.54) is 11.0 Å². The van der Waals surface area contributed by atoms with Gasteiger partial charge in [-0.1, -0.05) is 25.0 Å². The number of carbonyl (C=O) groups is 2. The summed E-state index contributed by atoms with van der Waals surface area (Å²) in [5, 5.41) is 0. The molecular formula is C19H24FN3O2. The number of hydrogen-bond donors (Lipinski definition) is 0. The zero-order valence-electron chi connectivity index (χ0n) is 14.4. The molecule has 3 fully saturated rings. The Balaban J connectivity index is 1.37. The summed E-state index contributed by atoms with van der Waals surface area (Å²) in [4.78, 5) is 30.8. The smallest absolute Gasteiger partial charge is 0.234 e. The van der Waals surface area contributed by atoms with Crippen LogP contribution in [0.1, 0.15) is 25.7 Å². The number of halogens is 1. The van der Waals surface area contributed by atoms with E-state index in [2.05, 4.69) is 4.90 Å². The van der Waals surface area contributed by atoms with Crippen molar-refractivity contribution in [2.75, 3.05) is 37.7 Å². The molecule has 25 heavy (non-hydrogen) atoms. The van der Waals surface area contributed by atoms with Crippen molar-refractivity contribution >= 4 is 17.5 Å². The van der Waals surface area contributed by atoms with Gasteiger partial charge >= 0.3 is 0 Å². The highest BCUT2D eigenvalue weighted by Crippen LogP contribution is 2.38. The van der Waals surface area contributed by atoms with Crippen LogP contribution >= 0.6 is 0 Å². The lowest BCUT2D eigenvalue weighted by Gasteiger charge is -2.37. The lowest BCUT2D eigenvalue weighted by Crippen LogP contribution is -2.51. The molecule has 0 aromatic heterocycles. The summed E-state index contributed by atoms with van der Waals surface area (Å²) in [6, 6.07) is 6.81. The summed E-state index contributed by atoms with van der Waals surface area (Å²) >= 11 is 0. The van der Waals surface area contributed by atoms with Crippen LogP contribution in [0.25, 0.3) is 0 Å². The van der Waals surface area contributed by atoms with Gasteiger partial charge in [0.15, 0.2) is 0 Å². The van der Waals surface area contributed by atoms with Gasteiger partial charge in [0.2, 0.25) is 11.8 Å². The van der Waals surface area contributed by atoms with Gasteiger partial charge in [0.25, 0.3) is 0 Å². The molecule has 2 saturated heterocycles. The molecule has 1 aromatic carbocycles. The van der Waals surface area contributed by atoms with Gasteiger partial charge in [0, 0.05) is 26.2 Å². The van der Waals surface area contributed by atoms with E-state index in [1.807, 2.05) is 11.0 Å². The Bertz CT molecular complexity index is 648. The quantitative estimate of drug-likeness (QED) is 0.787. The van der Waals surface area contributed by atoms with Crippen molar-refractivity contribution in [1.82, 2.24) is 9.80 Å². The van der Waals surface area contributed by atoms with Crippen LogP contribution < -0.4 is 4.90 Å². The third-order valence-electron chi connectivity index (χ3n) is 5.84. The van der Waals surface area contributed by atoms with Crippen molar-refractivity contribution < 1.29 is 14.0 Å². The molecule has 2 heterocycles. The number of benzene rings is 1. The molecule has 4 rings (SSSR count). The predicted octanol–water partition coefficient (Wildman–Crippen LogP) is 2.08. The average molecular weight is 345 g/mol. The van der Waals surface area contributed by atoms with Crippen LogP contribution in [0.3, 0.4) is 0 Å². The van der Waals surface area contributed by atoms with E-state index in [0.717, 1.165) is 38.8 Å². The van der Waals surface area contributed by atoms with Gasteiger partial charge in [-0.2, -0.15) is 0 Å². The van der Waals surface area contributed by atoms with Crippen LogP contribution in [0.15, 0.2) is 24.3 Å². The second-order valence-electron chi connectivity index (χ2n) is 7.30. The van der Waals surface area contributed by atoms with E-state index in [9.17, 15) is 14.0 Å². The van der Waals surface area contributed by atoms with Gasteiger partial charge in [0.1, 0.15) is 5.82 Å². The first-order valence-corrected chi connectivity index (χ1v) is 9.22. The third-order valence-corrected chi connectivity index (χ3v) is 5.84. The maximum absolute atomic E-state index is 13.9. The average Bonchev–Trinajstić information content (AvgIpc) is 2.88. The topological polar surface area (TPSA) is 43.9 Å². The first-order chi connectivity index (χ1) is 12.1. The summed E-state index contributed by atoms with van der Waals surface area (Å²) in [6.45, 7) is 3.23. The minimum Gasteiger partial charge on any atom is -0.367 e. The summed E-state index contributed by atoms with van der Waals surface area (Å²) < 4.78 is 13.9. The van der Waals surface area contributed by atoms with Crippen molar-refractivity contribution in [3.63, 3.8) is 0 Å². The maximum Gasteiger partial charge on any atom is 0.234 e. The Kier molecular flexibility index (Phi) is 4.46. The van der Waals surface area contributed by atoms with Crippen LogP contribution in [0.5, 0.6) is 0 Å². The van der Waals surface area contributed by atoms with Crippen molar-refractivity contribution in [1.29, 1.82) is 0 Å². The second-order valence-corrected chi connectivity index (χ2v) is 7.30. The summed E-state index contributed by atoms with van der Waals surface area (Å²) in [6.07, 6.45) is 3.81. The van der Waals surface area contributed by atoms with Crippen LogP contribution in [0.2, 0.25) is 0 Å². The summed E-state index contributed by atoms with van der Waals surface area (Å²) in [7, 11) is 0. The van der Waals surface area contributed by atoms with Gasteiger partial charge in [-0.25, -0.2) is 4.39 Å². The van der Waals surface area contributed by atoms with Crippen LogP contribution in [-0.4, -0.2) is 54.5 Å². The number of piperazine rings is 1. The van der Waals surface area contributed by atoms with E-state index in [0.29, 0.717) is 25.4 Å². The zero-order chi connectivity index (χ0) is 17.4. The van der Waals surface area contributed by atoms with Crippen LogP contribution in [-0.2, 0) is 9.59 Å². The number of likely N-dealkylation sites (tertiary alicyclic amines) is 1. The van der Waals surface area contributed by atoms with Crippen molar-refractivity contribution in [2.45, 2.75) is 25.7 Å². The third kappa shape index (κ3) is 3.03. The van der Waals surface area contributed by atoms with E-state index in [1.54, 1.807) is 12.1 Å². The largest absolute Gasteiger partial charge is 0.367 e. The first-order valence-electron chi connectivity index (χ1n) is 9.22. The minimum absolute atomic E-state index is 0.0197. The number of nitrogens with zero attached hydrogens (tertiary/aromatic N) is 3. The molecule has 0 unspecified atom stereocenters. The standard InChI is InChI=1S/C19H24FN3O2/c20-16-7-3-4-8-17(16)22-11-9-21(10-12-22)13-23-18(24)14-5-1-2-6-15(14)19(23)25/h3-4,7-8,14-15H,1-2,5-6,9-13H2/t14-,15+. The monoisotopic (exact) mass is 345 g/mol. The molecule has 1 saturated carbocycles. The van der Waals surface area contributed by atoms with Crippen LogP contribution in [0, 0.1) is 17.7 Å². The van der Waals surface area contributed by atoms with Crippen molar-refractivity contribution in [3.05, 3.63) is 30.1 Å². The fourth-order valence-corrected chi connectivity index (χ4v) is 4.41. The molecule has 5 nitrogen and oxygen atoms in total. The number of amides is 2. The van der Waals surface area contributed by atoms with Crippen LogP contribution in [0.4, 0.5) is 10.1 Å². The van der Waals surface area contributed by atoms with E-state index >= 15 is 0 Å². The number of para-hydroxylation sites is 1. The number of carbonyl (C=O) groups excluding carboxylic acids is 2. The van der Waals surface area contributed by atoms with Gasteiger partial charge in [-0.3, -0.25) is 19.4 Å². The Hall–Kier alpha value is -1.95. The SMILES string of the molecule is O=C1[C@H]2CCCC[C@H]2C(=O)N1CN1CCN(c2ccccc2F)CC1. The Morgan fingerprint density at radius 1 is 0.920 bits per heavy atom. The van der Waals surface area contributed by atoms with Gasteiger partial charge in [0.05, 0.1) is 24.2 Å². The fraction of sp³-hybridized carbons (Fsp3) is 0.579. The molecule has 2 amide bonds. The van der Waals surface area contributed by atoms with Gasteiger partial charge in [-0.15, -0.1) is 0 Å². The Morgan fingerprint density at radius 3 is 2.12 bits per heavy atom. The van der Waals surface area contributed by atoms with E-state index in [4.69, 9.17) is 0 Å². The molecule has 1 aliphatic carbocycles. The van der Waals surface area contributed by atoms with E-state index < -0.39 is 0 Å². The Labute approximate surface area is 147 Å². The van der Waals surface area contributed by atoms with Crippen molar-refractivity contribution in [2.24, 2.45) is 11.8 Å². The van der Waals surface area contributed by atoms with Gasteiger partial charge < -0.3 is 4.90 Å². The molecule has 2 atom stereocenters. The van der Waals surface area contributed by atoms with Crippen molar-refractivity contribution in [3.8, 4) is 0 Å². The summed E-state index contributed by atoms with van der Waals surface area (Å²) in [5.74, 6) is -0.329. The summed E-state index contributed by atoms with van der Waals surface area (Å²) in [5.41, 5.74) is 0.626. The molecule has 6 heteroatoms. The highest BCUT2D eigenvalue weighted by atomic mass is 19.1. The number of hydrogen-bond acceptors (Lipinski definition) is 4. The molecule has 0 N–H and O–H groups in total. The minimum atomic E-state index is -0.204. The lowest BCUT2D eigenvalue weighted by molar-refractivity contribution is -0.142. The molecule has 0 bridgehead atoms.